The highest BCUT2D eigenvalue weighted by molar-refractivity contribution is 6.31. The average Bonchev–Trinajstić information content (AvgIpc) is 3.15. The van der Waals surface area contributed by atoms with Crippen molar-refractivity contribution in [1.29, 1.82) is 0 Å². The number of piperidine rings is 1. The lowest BCUT2D eigenvalue weighted by Crippen LogP contribution is -2.55. The van der Waals surface area contributed by atoms with Crippen molar-refractivity contribution in [2.45, 2.75) is 63.3 Å². The number of fused-ring (bicyclic) bond motifs is 2. The van der Waals surface area contributed by atoms with Gasteiger partial charge in [0.25, 0.3) is 5.91 Å². The number of hydrogen-bond donors (Lipinski definition) is 2. The molecule has 3 N–H and O–H groups in total. The molecular formula is C29H31ClN4O3. The van der Waals surface area contributed by atoms with Crippen LogP contribution in [0.15, 0.2) is 66.9 Å². The first kappa shape index (κ1) is 25.1. The van der Waals surface area contributed by atoms with E-state index in [4.69, 9.17) is 22.1 Å². The van der Waals surface area contributed by atoms with Crippen LogP contribution in [0.4, 0.5) is 5.82 Å². The smallest absolute Gasteiger partial charge is 0.263 e. The van der Waals surface area contributed by atoms with E-state index in [0.717, 1.165) is 42.6 Å². The van der Waals surface area contributed by atoms with E-state index in [1.165, 1.54) is 6.20 Å². The molecule has 0 aliphatic carbocycles. The van der Waals surface area contributed by atoms with Gasteiger partial charge in [-0.1, -0.05) is 41.9 Å². The summed E-state index contributed by atoms with van der Waals surface area (Å²) in [5.41, 5.74) is 6.48. The van der Waals surface area contributed by atoms with Gasteiger partial charge in [0.05, 0.1) is 5.56 Å². The third-order valence-corrected chi connectivity index (χ3v) is 7.54. The zero-order chi connectivity index (χ0) is 26.2. The molecule has 2 atom stereocenters. The van der Waals surface area contributed by atoms with Gasteiger partial charge in [-0.25, -0.2) is 4.98 Å². The molecule has 0 saturated carbocycles. The number of aromatic nitrogens is 1. The van der Waals surface area contributed by atoms with Gasteiger partial charge in [0.15, 0.2) is 5.60 Å². The molecule has 192 valence electrons. The fourth-order valence-corrected chi connectivity index (χ4v) is 5.64. The molecule has 2 bridgehead atoms. The van der Waals surface area contributed by atoms with Gasteiger partial charge in [0.1, 0.15) is 11.6 Å². The van der Waals surface area contributed by atoms with Gasteiger partial charge in [-0.15, -0.1) is 0 Å². The molecule has 2 aliphatic heterocycles. The summed E-state index contributed by atoms with van der Waals surface area (Å²) in [6.07, 6.45) is 5.27. The fourth-order valence-electron chi connectivity index (χ4n) is 5.47. The Hall–Kier alpha value is -3.58. The summed E-state index contributed by atoms with van der Waals surface area (Å²) in [5, 5.41) is 3.85. The second-order valence-electron chi connectivity index (χ2n) is 10.3. The number of nitrogens with one attached hydrogen (secondary N) is 1. The Balaban J connectivity index is 1.26. The monoisotopic (exact) mass is 518 g/mol. The molecule has 5 rings (SSSR count). The van der Waals surface area contributed by atoms with Crippen molar-refractivity contribution in [2.75, 3.05) is 4.90 Å². The van der Waals surface area contributed by atoms with Crippen molar-refractivity contribution in [3.8, 4) is 16.9 Å². The Labute approximate surface area is 222 Å². The largest absolute Gasteiger partial charge is 0.477 e. The van der Waals surface area contributed by atoms with E-state index < -0.39 is 11.5 Å². The molecule has 1 aromatic heterocycles. The molecule has 8 heteroatoms. The SMILES string of the molecule is CC(C)(Oc1ccc(Cl)cc1-c1ccccc1)C(=O)NC1CC2CCC(C1)N2c1ccc(C(N)=O)cn1. The predicted octanol–water partition coefficient (Wildman–Crippen LogP) is 4.97. The lowest BCUT2D eigenvalue weighted by Gasteiger charge is -2.41. The topological polar surface area (TPSA) is 97.5 Å². The Morgan fingerprint density at radius 1 is 1.05 bits per heavy atom. The lowest BCUT2D eigenvalue weighted by molar-refractivity contribution is -0.135. The van der Waals surface area contributed by atoms with Crippen LogP contribution in [-0.4, -0.2) is 40.5 Å². The Morgan fingerprint density at radius 3 is 2.38 bits per heavy atom. The number of carbonyl (C=O) groups is 2. The van der Waals surface area contributed by atoms with E-state index in [0.29, 0.717) is 16.3 Å². The van der Waals surface area contributed by atoms with E-state index >= 15 is 0 Å². The molecule has 2 aliphatic rings. The van der Waals surface area contributed by atoms with Gasteiger partial charge < -0.3 is 20.7 Å². The van der Waals surface area contributed by atoms with Crippen LogP contribution in [0.25, 0.3) is 11.1 Å². The number of benzene rings is 2. The summed E-state index contributed by atoms with van der Waals surface area (Å²) in [7, 11) is 0. The van der Waals surface area contributed by atoms with Crippen molar-refractivity contribution < 1.29 is 14.3 Å². The number of pyridine rings is 1. The highest BCUT2D eigenvalue weighted by Crippen LogP contribution is 2.39. The third-order valence-electron chi connectivity index (χ3n) is 7.30. The normalized spacial score (nSPS) is 20.9. The molecule has 2 saturated heterocycles. The first-order valence-electron chi connectivity index (χ1n) is 12.6. The Bertz CT molecular complexity index is 1280. The number of rotatable bonds is 7. The molecule has 0 spiro atoms. The minimum Gasteiger partial charge on any atom is -0.477 e. The number of primary amides is 1. The van der Waals surface area contributed by atoms with Crippen LogP contribution in [0.1, 0.15) is 49.9 Å². The van der Waals surface area contributed by atoms with E-state index in [2.05, 4.69) is 15.2 Å². The molecule has 7 nitrogen and oxygen atoms in total. The molecule has 2 fully saturated rings. The molecular weight excluding hydrogens is 488 g/mol. The van der Waals surface area contributed by atoms with Crippen LogP contribution in [0.5, 0.6) is 5.75 Å². The summed E-state index contributed by atoms with van der Waals surface area (Å²) in [6.45, 7) is 3.58. The maximum Gasteiger partial charge on any atom is 0.263 e. The van der Waals surface area contributed by atoms with Gasteiger partial charge in [-0.05, 0) is 75.4 Å². The number of halogens is 1. The molecule has 3 heterocycles. The van der Waals surface area contributed by atoms with Gasteiger partial charge >= 0.3 is 0 Å². The van der Waals surface area contributed by atoms with Crippen molar-refractivity contribution in [2.24, 2.45) is 5.73 Å². The first-order valence-corrected chi connectivity index (χ1v) is 13.0. The van der Waals surface area contributed by atoms with Crippen LogP contribution < -0.4 is 20.7 Å². The molecule has 37 heavy (non-hydrogen) atoms. The van der Waals surface area contributed by atoms with Crippen LogP contribution in [-0.2, 0) is 4.79 Å². The quantitative estimate of drug-likeness (QED) is 0.460. The summed E-state index contributed by atoms with van der Waals surface area (Å²) < 4.78 is 6.31. The number of ether oxygens (including phenoxy) is 1. The van der Waals surface area contributed by atoms with Crippen molar-refractivity contribution in [1.82, 2.24) is 10.3 Å². The number of nitrogens with two attached hydrogens (primary N) is 1. The minimum atomic E-state index is -1.08. The summed E-state index contributed by atoms with van der Waals surface area (Å²) in [5.74, 6) is 0.823. The van der Waals surface area contributed by atoms with Crippen molar-refractivity contribution in [3.63, 3.8) is 0 Å². The number of amides is 2. The van der Waals surface area contributed by atoms with Crippen LogP contribution >= 0.6 is 11.6 Å². The summed E-state index contributed by atoms with van der Waals surface area (Å²) >= 11 is 6.28. The second kappa shape index (κ2) is 10.1. The van der Waals surface area contributed by atoms with Gasteiger partial charge in [0.2, 0.25) is 5.91 Å². The maximum atomic E-state index is 13.4. The van der Waals surface area contributed by atoms with Gasteiger partial charge in [0, 0.05) is 34.9 Å². The summed E-state index contributed by atoms with van der Waals surface area (Å²) in [4.78, 5) is 31.6. The van der Waals surface area contributed by atoms with E-state index in [1.54, 1.807) is 26.0 Å². The Kier molecular flexibility index (Phi) is 6.82. The predicted molar refractivity (Wildman–Crippen MR) is 145 cm³/mol. The highest BCUT2D eigenvalue weighted by Gasteiger charge is 2.43. The number of carbonyl (C=O) groups excluding carboxylic acids is 2. The molecule has 2 unspecified atom stereocenters. The number of hydrogen-bond acceptors (Lipinski definition) is 5. The highest BCUT2D eigenvalue weighted by atomic mass is 35.5. The van der Waals surface area contributed by atoms with Gasteiger partial charge in [-0.2, -0.15) is 0 Å². The lowest BCUT2D eigenvalue weighted by atomic mass is 9.96. The van der Waals surface area contributed by atoms with Crippen molar-refractivity contribution >= 4 is 29.2 Å². The first-order chi connectivity index (χ1) is 17.7. The average molecular weight is 519 g/mol. The van der Waals surface area contributed by atoms with Crippen molar-refractivity contribution in [3.05, 3.63) is 77.4 Å². The van der Waals surface area contributed by atoms with E-state index in [9.17, 15) is 9.59 Å². The minimum absolute atomic E-state index is 0.0489. The standard InChI is InChI=1S/C29H31ClN4O3/c1-29(2,37-25-12-9-20(30)14-24(25)18-6-4-3-5-7-18)28(36)33-21-15-22-10-11-23(16-21)34(22)26-13-8-19(17-32-26)27(31)35/h3-9,12-14,17,21-23H,10-11,15-16H2,1-2H3,(H2,31,35)(H,33,36). The van der Waals surface area contributed by atoms with E-state index in [-0.39, 0.29) is 24.0 Å². The molecule has 2 aromatic carbocycles. The van der Waals surface area contributed by atoms with Gasteiger partial charge in [-0.3, -0.25) is 9.59 Å². The van der Waals surface area contributed by atoms with Crippen LogP contribution in [0.3, 0.4) is 0 Å². The maximum absolute atomic E-state index is 13.4. The zero-order valence-corrected chi connectivity index (χ0v) is 21.7. The molecule has 2 amide bonds. The second-order valence-corrected chi connectivity index (χ2v) is 10.8. The Morgan fingerprint density at radius 2 is 1.76 bits per heavy atom. The van der Waals surface area contributed by atoms with Crippen LogP contribution in [0, 0.1) is 0 Å². The number of anilines is 1. The zero-order valence-electron chi connectivity index (χ0n) is 21.0. The van der Waals surface area contributed by atoms with E-state index in [1.807, 2.05) is 48.5 Å². The fraction of sp³-hybridized carbons (Fsp3) is 0.345. The third kappa shape index (κ3) is 5.27. The molecule has 0 radical (unpaired) electrons. The molecule has 3 aromatic rings. The number of nitrogens with zero attached hydrogens (tertiary/aromatic N) is 2. The summed E-state index contributed by atoms with van der Waals surface area (Å²) in [6, 6.07) is 19.5. The van der Waals surface area contributed by atoms with Crippen LogP contribution in [0.2, 0.25) is 5.02 Å².